The van der Waals surface area contributed by atoms with Crippen molar-refractivity contribution in [1.82, 2.24) is 0 Å². The summed E-state index contributed by atoms with van der Waals surface area (Å²) in [6, 6.07) is 19.3. The highest BCUT2D eigenvalue weighted by Gasteiger charge is 2.18. The lowest BCUT2D eigenvalue weighted by Crippen LogP contribution is -2.03. The fourth-order valence-electron chi connectivity index (χ4n) is 3.81. The number of furan rings is 1. The Bertz CT molecular complexity index is 1130. The van der Waals surface area contributed by atoms with Crippen molar-refractivity contribution in [3.05, 3.63) is 76.3 Å². The van der Waals surface area contributed by atoms with Gasteiger partial charge in [0, 0.05) is 15.2 Å². The van der Waals surface area contributed by atoms with E-state index in [4.69, 9.17) is 4.42 Å². The molecule has 1 heterocycles. The van der Waals surface area contributed by atoms with E-state index in [0.29, 0.717) is 5.92 Å². The Balaban J connectivity index is 1.79. The lowest BCUT2D eigenvalue weighted by Gasteiger charge is -2.16. The first kappa shape index (κ1) is 15.0. The van der Waals surface area contributed by atoms with Crippen LogP contribution in [-0.2, 0) is 6.42 Å². The highest BCUT2D eigenvalue weighted by atomic mass is 79.9. The molecule has 0 aliphatic heterocycles. The Morgan fingerprint density at radius 2 is 1.68 bits per heavy atom. The molecule has 0 amide bonds. The summed E-state index contributed by atoms with van der Waals surface area (Å²) in [5.41, 5.74) is 7.13. The Kier molecular flexibility index (Phi) is 3.36. The number of halogens is 1. The van der Waals surface area contributed by atoms with Crippen molar-refractivity contribution in [1.29, 1.82) is 0 Å². The average molecular weight is 389 g/mol. The lowest BCUT2D eigenvalue weighted by atomic mass is 9.87. The molecule has 1 aromatic heterocycles. The quantitative estimate of drug-likeness (QED) is 0.335. The van der Waals surface area contributed by atoms with Gasteiger partial charge in [-0.1, -0.05) is 59.3 Å². The molecule has 2 heteroatoms. The molecule has 4 aromatic rings. The van der Waals surface area contributed by atoms with Crippen LogP contribution in [0.25, 0.3) is 39.1 Å². The molecule has 0 fully saturated rings. The Labute approximate surface area is 155 Å². The van der Waals surface area contributed by atoms with Gasteiger partial charge in [-0.2, -0.15) is 0 Å². The number of benzene rings is 3. The largest absolute Gasteiger partial charge is 0.456 e. The van der Waals surface area contributed by atoms with Gasteiger partial charge in [-0.15, -0.1) is 0 Å². The molecule has 1 aliphatic carbocycles. The molecule has 0 bridgehead atoms. The molecule has 122 valence electrons. The van der Waals surface area contributed by atoms with Gasteiger partial charge in [-0.25, -0.2) is 0 Å². The molecule has 0 spiro atoms. The number of fused-ring (bicyclic) bond motifs is 5. The molecule has 0 N–H and O–H groups in total. The third kappa shape index (κ3) is 2.44. The minimum Gasteiger partial charge on any atom is -0.456 e. The van der Waals surface area contributed by atoms with Crippen molar-refractivity contribution in [2.45, 2.75) is 13.3 Å². The second-order valence-electron chi connectivity index (χ2n) is 6.87. The van der Waals surface area contributed by atoms with Gasteiger partial charge in [0.25, 0.3) is 0 Å². The molecule has 1 atom stereocenters. The van der Waals surface area contributed by atoms with E-state index >= 15 is 0 Å². The second-order valence-corrected chi connectivity index (χ2v) is 7.78. The minimum atomic E-state index is 0.567. The van der Waals surface area contributed by atoms with Crippen LogP contribution < -0.4 is 0 Å². The number of allylic oxidation sites excluding steroid dienone is 1. The first-order valence-electron chi connectivity index (χ1n) is 8.61. The summed E-state index contributed by atoms with van der Waals surface area (Å²) in [5.74, 6) is 0.567. The molecule has 5 rings (SSSR count). The zero-order valence-electron chi connectivity index (χ0n) is 13.9. The van der Waals surface area contributed by atoms with Gasteiger partial charge in [-0.05, 0) is 64.9 Å². The molecular weight excluding hydrogens is 372 g/mol. The zero-order valence-corrected chi connectivity index (χ0v) is 15.5. The average Bonchev–Trinajstić information content (AvgIpc) is 3.00. The fourth-order valence-corrected chi connectivity index (χ4v) is 4.08. The van der Waals surface area contributed by atoms with Gasteiger partial charge in [0.05, 0.1) is 0 Å². The van der Waals surface area contributed by atoms with Crippen molar-refractivity contribution < 1.29 is 4.42 Å². The third-order valence-electron chi connectivity index (χ3n) is 5.09. The molecular formula is C23H17BrO. The van der Waals surface area contributed by atoms with Gasteiger partial charge >= 0.3 is 0 Å². The van der Waals surface area contributed by atoms with Crippen LogP contribution in [0.1, 0.15) is 18.1 Å². The third-order valence-corrected chi connectivity index (χ3v) is 5.62. The van der Waals surface area contributed by atoms with Crippen LogP contribution >= 0.6 is 15.9 Å². The van der Waals surface area contributed by atoms with E-state index in [9.17, 15) is 0 Å². The zero-order chi connectivity index (χ0) is 17.0. The van der Waals surface area contributed by atoms with E-state index in [0.717, 1.165) is 22.1 Å². The SMILES string of the molecule is CC1C=Cc2ccc3oc4ccc(-c5ccc(Br)cc5)cc4c3c2C1. The monoisotopic (exact) mass is 388 g/mol. The summed E-state index contributed by atoms with van der Waals surface area (Å²) >= 11 is 3.51. The van der Waals surface area contributed by atoms with Gasteiger partial charge in [0.15, 0.2) is 0 Å². The smallest absolute Gasteiger partial charge is 0.135 e. The van der Waals surface area contributed by atoms with Crippen LogP contribution in [0.15, 0.2) is 69.6 Å². The molecule has 1 nitrogen and oxygen atoms in total. The second kappa shape index (κ2) is 5.60. The summed E-state index contributed by atoms with van der Waals surface area (Å²) in [5, 5.41) is 2.50. The predicted molar refractivity (Wildman–Crippen MR) is 109 cm³/mol. The topological polar surface area (TPSA) is 13.1 Å². The van der Waals surface area contributed by atoms with Gasteiger partial charge < -0.3 is 4.42 Å². The molecule has 1 aliphatic rings. The highest BCUT2D eigenvalue weighted by Crippen LogP contribution is 2.38. The Morgan fingerprint density at radius 1 is 0.920 bits per heavy atom. The summed E-state index contributed by atoms with van der Waals surface area (Å²) in [6.07, 6.45) is 5.62. The van der Waals surface area contributed by atoms with Crippen molar-refractivity contribution in [3.63, 3.8) is 0 Å². The highest BCUT2D eigenvalue weighted by molar-refractivity contribution is 9.10. The maximum absolute atomic E-state index is 6.13. The van der Waals surface area contributed by atoms with Crippen LogP contribution in [-0.4, -0.2) is 0 Å². The Hall–Kier alpha value is -2.32. The van der Waals surface area contributed by atoms with Crippen molar-refractivity contribution in [2.75, 3.05) is 0 Å². The van der Waals surface area contributed by atoms with E-state index in [1.807, 2.05) is 0 Å². The fraction of sp³-hybridized carbons (Fsp3) is 0.130. The van der Waals surface area contributed by atoms with Gasteiger partial charge in [0.1, 0.15) is 11.2 Å². The molecule has 3 aromatic carbocycles. The number of hydrogen-bond donors (Lipinski definition) is 0. The standard InChI is InChI=1S/C23H17BrO/c1-14-2-3-16-6-11-22-23(19(16)12-14)20-13-17(7-10-21(20)25-22)15-4-8-18(24)9-5-15/h2-11,13-14H,12H2,1H3. The van der Waals surface area contributed by atoms with Gasteiger partial charge in [-0.3, -0.25) is 0 Å². The van der Waals surface area contributed by atoms with Gasteiger partial charge in [0.2, 0.25) is 0 Å². The lowest BCUT2D eigenvalue weighted by molar-refractivity contribution is 0.667. The van der Waals surface area contributed by atoms with Crippen LogP contribution in [0, 0.1) is 5.92 Å². The minimum absolute atomic E-state index is 0.567. The Morgan fingerprint density at radius 3 is 2.52 bits per heavy atom. The maximum atomic E-state index is 6.13. The van der Waals surface area contributed by atoms with Crippen LogP contribution in [0.2, 0.25) is 0 Å². The molecule has 25 heavy (non-hydrogen) atoms. The van der Waals surface area contributed by atoms with Crippen LogP contribution in [0.3, 0.4) is 0 Å². The molecule has 0 saturated heterocycles. The van der Waals surface area contributed by atoms with Crippen LogP contribution in [0.5, 0.6) is 0 Å². The van der Waals surface area contributed by atoms with E-state index in [1.54, 1.807) is 0 Å². The van der Waals surface area contributed by atoms with E-state index < -0.39 is 0 Å². The van der Waals surface area contributed by atoms with E-state index in [1.165, 1.54) is 33.0 Å². The predicted octanol–water partition coefficient (Wildman–Crippen LogP) is 7.22. The van der Waals surface area contributed by atoms with E-state index in [-0.39, 0.29) is 0 Å². The molecule has 0 saturated carbocycles. The molecule has 0 radical (unpaired) electrons. The van der Waals surface area contributed by atoms with Crippen molar-refractivity contribution >= 4 is 43.9 Å². The summed E-state index contributed by atoms with van der Waals surface area (Å²) in [7, 11) is 0. The van der Waals surface area contributed by atoms with Crippen molar-refractivity contribution in [2.24, 2.45) is 5.92 Å². The number of hydrogen-bond acceptors (Lipinski definition) is 1. The van der Waals surface area contributed by atoms with Crippen molar-refractivity contribution in [3.8, 4) is 11.1 Å². The first-order valence-corrected chi connectivity index (χ1v) is 9.40. The molecule has 1 unspecified atom stereocenters. The summed E-state index contributed by atoms with van der Waals surface area (Å²) in [6.45, 7) is 2.27. The number of rotatable bonds is 1. The van der Waals surface area contributed by atoms with Crippen LogP contribution in [0.4, 0.5) is 0 Å². The first-order chi connectivity index (χ1) is 12.2. The summed E-state index contributed by atoms with van der Waals surface area (Å²) < 4.78 is 7.23. The summed E-state index contributed by atoms with van der Waals surface area (Å²) in [4.78, 5) is 0. The maximum Gasteiger partial charge on any atom is 0.135 e. The van der Waals surface area contributed by atoms with E-state index in [2.05, 4.69) is 89.6 Å². The normalized spacial score (nSPS) is 16.5.